The molecular formula is C22H19N3O4S. The van der Waals surface area contributed by atoms with E-state index in [1.807, 2.05) is 61.5 Å². The summed E-state index contributed by atoms with van der Waals surface area (Å²) in [5.74, 6) is 0. The zero-order chi connectivity index (χ0) is 21.3. The predicted molar refractivity (Wildman–Crippen MR) is 115 cm³/mol. The van der Waals surface area contributed by atoms with Gasteiger partial charge in [0, 0.05) is 0 Å². The van der Waals surface area contributed by atoms with Gasteiger partial charge in [0.2, 0.25) is 10.0 Å². The minimum absolute atomic E-state index is 0.0689. The molecule has 0 saturated heterocycles. The molecule has 0 aliphatic heterocycles. The molecule has 0 saturated carbocycles. The first kappa shape index (κ1) is 19.8. The van der Waals surface area contributed by atoms with Crippen molar-refractivity contribution in [2.75, 3.05) is 0 Å². The van der Waals surface area contributed by atoms with Crippen LogP contribution in [0.4, 0.5) is 0 Å². The van der Waals surface area contributed by atoms with E-state index in [1.165, 1.54) is 18.2 Å². The highest BCUT2D eigenvalue weighted by atomic mass is 32.2. The first-order chi connectivity index (χ1) is 14.3. The van der Waals surface area contributed by atoms with E-state index >= 15 is 0 Å². The lowest BCUT2D eigenvalue weighted by molar-refractivity contribution is 0.572. The molecule has 0 aliphatic rings. The topological polar surface area (TPSA) is 112 Å². The maximum Gasteiger partial charge on any atom is 0.326 e. The SMILES string of the molecule is Cc1ccc(C(NS(=O)(=O)c2ccc3[nH]c(=O)[nH]c(=O)c3c2)c2ccccc2)cc1. The zero-order valence-electron chi connectivity index (χ0n) is 16.0. The molecule has 8 heteroatoms. The maximum absolute atomic E-state index is 13.2. The van der Waals surface area contributed by atoms with Crippen LogP contribution in [0.2, 0.25) is 0 Å². The van der Waals surface area contributed by atoms with Gasteiger partial charge in [-0.05, 0) is 36.2 Å². The molecule has 0 bridgehead atoms. The van der Waals surface area contributed by atoms with E-state index in [-0.39, 0.29) is 15.8 Å². The minimum atomic E-state index is -3.98. The average Bonchev–Trinajstić information content (AvgIpc) is 2.73. The van der Waals surface area contributed by atoms with Gasteiger partial charge in [0.15, 0.2) is 0 Å². The molecular weight excluding hydrogens is 402 g/mol. The lowest BCUT2D eigenvalue weighted by atomic mass is 9.99. The van der Waals surface area contributed by atoms with Crippen LogP contribution in [0.5, 0.6) is 0 Å². The lowest BCUT2D eigenvalue weighted by Gasteiger charge is -2.20. The van der Waals surface area contributed by atoms with E-state index < -0.39 is 27.3 Å². The summed E-state index contributed by atoms with van der Waals surface area (Å²) in [7, 11) is -3.98. The van der Waals surface area contributed by atoms with Crippen LogP contribution in [0.1, 0.15) is 22.7 Å². The Bertz CT molecular complexity index is 1420. The molecule has 0 fully saturated rings. The minimum Gasteiger partial charge on any atom is -0.307 e. The summed E-state index contributed by atoms with van der Waals surface area (Å²) in [4.78, 5) is 28.0. The number of aromatic amines is 2. The van der Waals surface area contributed by atoms with Crippen molar-refractivity contribution in [3.8, 4) is 0 Å². The van der Waals surface area contributed by atoms with Gasteiger partial charge in [-0.3, -0.25) is 9.78 Å². The summed E-state index contributed by atoms with van der Waals surface area (Å²) in [5.41, 5.74) is 1.61. The van der Waals surface area contributed by atoms with Crippen LogP contribution < -0.4 is 16.0 Å². The van der Waals surface area contributed by atoms with Crippen LogP contribution in [0.15, 0.2) is 87.3 Å². The Morgan fingerprint density at radius 1 is 0.833 bits per heavy atom. The van der Waals surface area contributed by atoms with E-state index in [0.717, 1.165) is 16.7 Å². The highest BCUT2D eigenvalue weighted by Gasteiger charge is 2.23. The summed E-state index contributed by atoms with van der Waals surface area (Å²) >= 11 is 0. The fourth-order valence-electron chi connectivity index (χ4n) is 3.27. The second-order valence-corrected chi connectivity index (χ2v) is 8.71. The summed E-state index contributed by atoms with van der Waals surface area (Å²) in [6.07, 6.45) is 0. The molecule has 4 rings (SSSR count). The Morgan fingerprint density at radius 2 is 1.50 bits per heavy atom. The van der Waals surface area contributed by atoms with Gasteiger partial charge in [-0.25, -0.2) is 13.2 Å². The molecule has 0 amide bonds. The standard InChI is InChI=1S/C22H19N3O4S/c1-14-7-9-16(10-8-14)20(15-5-3-2-4-6-15)25-30(28,29)17-11-12-19-18(13-17)21(26)24-22(27)23-19/h2-13,20,25H,1H3,(H2,23,24,26,27). The Hall–Kier alpha value is -3.49. The van der Waals surface area contributed by atoms with E-state index in [2.05, 4.69) is 14.7 Å². The van der Waals surface area contributed by atoms with Crippen molar-refractivity contribution in [2.45, 2.75) is 17.9 Å². The number of benzene rings is 3. The van der Waals surface area contributed by atoms with Gasteiger partial charge in [-0.1, -0.05) is 60.2 Å². The molecule has 1 heterocycles. The van der Waals surface area contributed by atoms with Gasteiger partial charge in [0.1, 0.15) is 0 Å². The van der Waals surface area contributed by atoms with Crippen molar-refractivity contribution in [3.05, 3.63) is 110 Å². The van der Waals surface area contributed by atoms with Gasteiger partial charge in [-0.2, -0.15) is 4.72 Å². The molecule has 7 nitrogen and oxygen atoms in total. The van der Waals surface area contributed by atoms with Crippen LogP contribution in [-0.4, -0.2) is 18.4 Å². The number of nitrogens with one attached hydrogen (secondary N) is 3. The third kappa shape index (κ3) is 3.96. The van der Waals surface area contributed by atoms with Crippen LogP contribution >= 0.6 is 0 Å². The van der Waals surface area contributed by atoms with Crippen LogP contribution in [-0.2, 0) is 10.0 Å². The van der Waals surface area contributed by atoms with Gasteiger partial charge >= 0.3 is 5.69 Å². The number of hydrogen-bond acceptors (Lipinski definition) is 4. The quantitative estimate of drug-likeness (QED) is 0.460. The number of rotatable bonds is 5. The summed E-state index contributed by atoms with van der Waals surface area (Å²) in [5, 5.41) is 0.0871. The normalized spacial score (nSPS) is 12.7. The number of aromatic nitrogens is 2. The van der Waals surface area contributed by atoms with Gasteiger partial charge < -0.3 is 4.98 Å². The first-order valence-electron chi connectivity index (χ1n) is 9.24. The number of fused-ring (bicyclic) bond motifs is 1. The molecule has 0 radical (unpaired) electrons. The smallest absolute Gasteiger partial charge is 0.307 e. The van der Waals surface area contributed by atoms with Crippen molar-refractivity contribution < 1.29 is 8.42 Å². The molecule has 152 valence electrons. The Morgan fingerprint density at radius 3 is 2.20 bits per heavy atom. The van der Waals surface area contributed by atoms with Crippen molar-refractivity contribution in [1.82, 2.24) is 14.7 Å². The molecule has 1 atom stereocenters. The fraction of sp³-hybridized carbons (Fsp3) is 0.0909. The molecule has 3 N–H and O–H groups in total. The van der Waals surface area contributed by atoms with Crippen molar-refractivity contribution in [1.29, 1.82) is 0 Å². The van der Waals surface area contributed by atoms with Gasteiger partial charge in [-0.15, -0.1) is 0 Å². The van der Waals surface area contributed by atoms with E-state index in [1.54, 1.807) is 0 Å². The van der Waals surface area contributed by atoms with Crippen LogP contribution in [0, 0.1) is 6.92 Å². The number of aryl methyl sites for hydroxylation is 1. The van der Waals surface area contributed by atoms with Gasteiger partial charge in [0.05, 0.1) is 21.8 Å². The monoisotopic (exact) mass is 421 g/mol. The van der Waals surface area contributed by atoms with Gasteiger partial charge in [0.25, 0.3) is 5.56 Å². The third-order valence-electron chi connectivity index (χ3n) is 4.84. The Labute approximate surface area is 172 Å². The van der Waals surface area contributed by atoms with E-state index in [4.69, 9.17) is 0 Å². The lowest BCUT2D eigenvalue weighted by Crippen LogP contribution is -2.30. The van der Waals surface area contributed by atoms with Crippen molar-refractivity contribution >= 4 is 20.9 Å². The third-order valence-corrected chi connectivity index (χ3v) is 6.26. The summed E-state index contributed by atoms with van der Waals surface area (Å²) in [6.45, 7) is 1.96. The second kappa shape index (κ2) is 7.74. The molecule has 4 aromatic rings. The molecule has 3 aromatic carbocycles. The van der Waals surface area contributed by atoms with Crippen molar-refractivity contribution in [2.24, 2.45) is 0 Å². The van der Waals surface area contributed by atoms with Crippen molar-refractivity contribution in [3.63, 3.8) is 0 Å². The highest BCUT2D eigenvalue weighted by Crippen LogP contribution is 2.25. The number of hydrogen-bond donors (Lipinski definition) is 3. The molecule has 0 aliphatic carbocycles. The largest absolute Gasteiger partial charge is 0.326 e. The number of H-pyrrole nitrogens is 2. The Balaban J connectivity index is 1.79. The van der Waals surface area contributed by atoms with Crippen LogP contribution in [0.25, 0.3) is 10.9 Å². The average molecular weight is 421 g/mol. The molecule has 0 spiro atoms. The van der Waals surface area contributed by atoms with E-state index in [0.29, 0.717) is 0 Å². The molecule has 1 aromatic heterocycles. The van der Waals surface area contributed by atoms with Crippen LogP contribution in [0.3, 0.4) is 0 Å². The predicted octanol–water partition coefficient (Wildman–Crippen LogP) is 2.59. The summed E-state index contributed by atoms with van der Waals surface area (Å²) < 4.78 is 29.1. The molecule has 1 unspecified atom stereocenters. The zero-order valence-corrected chi connectivity index (χ0v) is 16.9. The Kier molecular flexibility index (Phi) is 5.11. The maximum atomic E-state index is 13.2. The van der Waals surface area contributed by atoms with E-state index in [9.17, 15) is 18.0 Å². The first-order valence-corrected chi connectivity index (χ1v) is 10.7. The highest BCUT2D eigenvalue weighted by molar-refractivity contribution is 7.89. The summed E-state index contributed by atoms with van der Waals surface area (Å²) in [6, 6.07) is 20.3. The second-order valence-electron chi connectivity index (χ2n) is 6.99. The molecule has 30 heavy (non-hydrogen) atoms. The fourth-order valence-corrected chi connectivity index (χ4v) is 4.51. The number of sulfonamides is 1.